The molecule has 1 aromatic carbocycles. The molecule has 0 aliphatic rings. The zero-order chi connectivity index (χ0) is 14.9. The number of nitrogens with zero attached hydrogens (tertiary/aromatic N) is 3. The lowest BCUT2D eigenvalue weighted by Crippen LogP contribution is -2.46. The molecule has 0 radical (unpaired) electrons. The fourth-order valence-electron chi connectivity index (χ4n) is 1.77. The minimum atomic E-state index is -0.929. The van der Waals surface area contributed by atoms with Crippen LogP contribution in [0.15, 0.2) is 30.5 Å². The number of rotatable bonds is 2. The molecule has 1 aromatic heterocycles. The normalized spacial score (nSPS) is 10.3. The Balaban J connectivity index is 2.77. The molecule has 104 valence electrons. The van der Waals surface area contributed by atoms with Crippen LogP contribution in [0.5, 0.6) is 0 Å². The van der Waals surface area contributed by atoms with E-state index in [0.29, 0.717) is 20.9 Å². The van der Waals surface area contributed by atoms with Crippen molar-refractivity contribution in [1.29, 1.82) is 0 Å². The van der Waals surface area contributed by atoms with Crippen LogP contribution in [0.2, 0.25) is 0 Å². The molecule has 9 heteroatoms. The Bertz CT molecular complexity index is 688. The number of carbonyl (C=O) groups excluding carboxylic acids is 2. The highest BCUT2D eigenvalue weighted by Crippen LogP contribution is 2.33. The number of urea groups is 2. The summed E-state index contributed by atoms with van der Waals surface area (Å²) in [7, 11) is 0. The van der Waals surface area contributed by atoms with Gasteiger partial charge in [-0.1, -0.05) is 18.2 Å². The highest BCUT2D eigenvalue weighted by molar-refractivity contribution is 6.08. The highest BCUT2D eigenvalue weighted by atomic mass is 16.2. The molecular weight excluding hydrogens is 262 g/mol. The van der Waals surface area contributed by atoms with Crippen LogP contribution in [0.25, 0.3) is 10.9 Å². The number of hydrogen-bond donors (Lipinski definition) is 4. The molecule has 0 aliphatic heterocycles. The van der Waals surface area contributed by atoms with Gasteiger partial charge in [0.05, 0.1) is 17.4 Å². The number of nitrogens with two attached hydrogens (primary N) is 4. The van der Waals surface area contributed by atoms with E-state index in [4.69, 9.17) is 23.2 Å². The topological polar surface area (TPSA) is 158 Å². The molecule has 2 rings (SSSR count). The van der Waals surface area contributed by atoms with E-state index in [1.807, 2.05) is 0 Å². The summed E-state index contributed by atoms with van der Waals surface area (Å²) in [6, 6.07) is 5.01. The molecule has 0 fully saturated rings. The van der Waals surface area contributed by atoms with E-state index in [1.54, 1.807) is 24.3 Å². The van der Waals surface area contributed by atoms with Gasteiger partial charge in [0.1, 0.15) is 5.69 Å². The maximum atomic E-state index is 11.3. The van der Waals surface area contributed by atoms with Crippen molar-refractivity contribution in [2.75, 3.05) is 10.0 Å². The van der Waals surface area contributed by atoms with Crippen molar-refractivity contribution in [2.45, 2.75) is 0 Å². The number of primary amides is 2. The third kappa shape index (κ3) is 2.18. The zero-order valence-electron chi connectivity index (χ0n) is 10.4. The van der Waals surface area contributed by atoms with Crippen molar-refractivity contribution in [3.63, 3.8) is 0 Å². The van der Waals surface area contributed by atoms with Gasteiger partial charge in [-0.05, 0) is 6.07 Å². The minimum absolute atomic E-state index is 0.0671. The first-order valence-corrected chi connectivity index (χ1v) is 5.49. The zero-order valence-corrected chi connectivity index (χ0v) is 10.4. The fraction of sp³-hybridized carbons (Fsp3) is 0. The SMILES string of the molecule is NC(=O)N(N)c1cnc2ccccc2c1N(N)C(N)=O. The van der Waals surface area contributed by atoms with Crippen LogP contribution in [0.3, 0.4) is 0 Å². The van der Waals surface area contributed by atoms with Crippen LogP contribution in [-0.4, -0.2) is 17.0 Å². The lowest BCUT2D eigenvalue weighted by Gasteiger charge is -2.23. The summed E-state index contributed by atoms with van der Waals surface area (Å²) >= 11 is 0. The highest BCUT2D eigenvalue weighted by Gasteiger charge is 2.21. The van der Waals surface area contributed by atoms with Gasteiger partial charge in [-0.3, -0.25) is 4.98 Å². The molecule has 1 heterocycles. The van der Waals surface area contributed by atoms with Gasteiger partial charge >= 0.3 is 12.1 Å². The van der Waals surface area contributed by atoms with Crippen molar-refractivity contribution < 1.29 is 9.59 Å². The molecule has 2 aromatic rings. The molecule has 0 atom stereocenters. The predicted molar refractivity (Wildman–Crippen MR) is 74.2 cm³/mol. The number of carbonyl (C=O) groups is 2. The maximum absolute atomic E-state index is 11.3. The quantitative estimate of drug-likeness (QED) is 0.337. The summed E-state index contributed by atoms with van der Waals surface area (Å²) in [6.45, 7) is 0. The Morgan fingerprint density at radius 1 is 1.00 bits per heavy atom. The Morgan fingerprint density at radius 3 is 2.20 bits per heavy atom. The summed E-state index contributed by atoms with van der Waals surface area (Å²) < 4.78 is 0. The Kier molecular flexibility index (Phi) is 3.37. The van der Waals surface area contributed by atoms with Crippen LogP contribution < -0.4 is 33.2 Å². The first kappa shape index (κ1) is 13.5. The number of hydrazine groups is 2. The van der Waals surface area contributed by atoms with Crippen molar-refractivity contribution in [1.82, 2.24) is 4.98 Å². The van der Waals surface area contributed by atoms with Gasteiger partial charge < -0.3 is 11.5 Å². The number of pyridine rings is 1. The van der Waals surface area contributed by atoms with Gasteiger partial charge in [0.25, 0.3) is 0 Å². The van der Waals surface area contributed by atoms with Gasteiger partial charge in [0.15, 0.2) is 0 Å². The monoisotopic (exact) mass is 275 g/mol. The molecule has 4 amide bonds. The second-order valence-corrected chi connectivity index (χ2v) is 3.93. The first-order valence-electron chi connectivity index (χ1n) is 5.49. The standard InChI is InChI=1S/C11H13N7O2/c12-10(19)17(14)8-5-16-7-4-2-1-3-6(7)9(8)18(15)11(13)20/h1-5H,14-15H2,(H2,12,19)(H2,13,20). The lowest BCUT2D eigenvalue weighted by atomic mass is 10.1. The Morgan fingerprint density at radius 2 is 1.60 bits per heavy atom. The second-order valence-electron chi connectivity index (χ2n) is 3.93. The van der Waals surface area contributed by atoms with Gasteiger partial charge in [-0.2, -0.15) is 0 Å². The molecule has 0 aliphatic carbocycles. The number of para-hydroxylation sites is 1. The Labute approximate surface area is 113 Å². The van der Waals surface area contributed by atoms with Crippen LogP contribution in [0, 0.1) is 0 Å². The number of anilines is 2. The number of aromatic nitrogens is 1. The average molecular weight is 275 g/mol. The number of fused-ring (bicyclic) bond motifs is 1. The largest absolute Gasteiger partial charge is 0.350 e. The van der Waals surface area contributed by atoms with Crippen molar-refractivity contribution in [3.05, 3.63) is 30.5 Å². The van der Waals surface area contributed by atoms with E-state index in [1.165, 1.54) is 6.20 Å². The second kappa shape index (κ2) is 4.99. The molecule has 8 N–H and O–H groups in total. The van der Waals surface area contributed by atoms with E-state index in [-0.39, 0.29) is 11.4 Å². The van der Waals surface area contributed by atoms with Gasteiger partial charge in [0, 0.05) is 5.39 Å². The summed E-state index contributed by atoms with van der Waals surface area (Å²) in [6.07, 6.45) is 1.28. The molecule has 20 heavy (non-hydrogen) atoms. The molecule has 9 nitrogen and oxygen atoms in total. The number of hydrogen-bond acceptors (Lipinski definition) is 5. The molecular formula is C11H13N7O2. The van der Waals surface area contributed by atoms with E-state index in [9.17, 15) is 9.59 Å². The van der Waals surface area contributed by atoms with Crippen LogP contribution in [0.4, 0.5) is 21.0 Å². The maximum Gasteiger partial charge on any atom is 0.333 e. The first-order chi connectivity index (χ1) is 9.43. The van der Waals surface area contributed by atoms with Crippen molar-refractivity contribution in [3.8, 4) is 0 Å². The summed E-state index contributed by atoms with van der Waals surface area (Å²) in [4.78, 5) is 26.6. The summed E-state index contributed by atoms with van der Waals surface area (Å²) in [5.41, 5.74) is 11.1. The predicted octanol–water partition coefficient (Wildman–Crippen LogP) is -0.248. The third-order valence-electron chi connectivity index (χ3n) is 2.70. The van der Waals surface area contributed by atoms with Gasteiger partial charge in [-0.25, -0.2) is 31.3 Å². The van der Waals surface area contributed by atoms with E-state index < -0.39 is 12.1 Å². The van der Waals surface area contributed by atoms with Crippen LogP contribution in [0.1, 0.15) is 0 Å². The average Bonchev–Trinajstić information content (AvgIpc) is 2.44. The van der Waals surface area contributed by atoms with Crippen LogP contribution in [-0.2, 0) is 0 Å². The molecule has 0 unspecified atom stereocenters. The van der Waals surface area contributed by atoms with E-state index >= 15 is 0 Å². The summed E-state index contributed by atoms with van der Waals surface area (Å²) in [5, 5.41) is 1.82. The molecule has 0 bridgehead atoms. The molecule has 0 spiro atoms. The Hall–Kier alpha value is -2.91. The van der Waals surface area contributed by atoms with Crippen molar-refractivity contribution >= 4 is 34.3 Å². The lowest BCUT2D eigenvalue weighted by molar-refractivity contribution is 0.252. The third-order valence-corrected chi connectivity index (χ3v) is 2.70. The van der Waals surface area contributed by atoms with E-state index in [0.717, 1.165) is 0 Å². The van der Waals surface area contributed by atoms with E-state index in [2.05, 4.69) is 4.98 Å². The number of amides is 4. The molecule has 0 saturated heterocycles. The number of benzene rings is 1. The smallest absolute Gasteiger partial charge is 0.333 e. The summed E-state index contributed by atoms with van der Waals surface area (Å²) in [5.74, 6) is 11.2. The fourth-order valence-corrected chi connectivity index (χ4v) is 1.77. The van der Waals surface area contributed by atoms with Gasteiger partial charge in [0.2, 0.25) is 0 Å². The van der Waals surface area contributed by atoms with Crippen LogP contribution >= 0.6 is 0 Å². The molecule has 0 saturated carbocycles. The van der Waals surface area contributed by atoms with Gasteiger partial charge in [-0.15, -0.1) is 0 Å². The van der Waals surface area contributed by atoms with Crippen molar-refractivity contribution in [2.24, 2.45) is 23.2 Å². The minimum Gasteiger partial charge on any atom is -0.350 e.